The van der Waals surface area contributed by atoms with Crippen LogP contribution in [-0.2, 0) is 13.1 Å². The van der Waals surface area contributed by atoms with Gasteiger partial charge in [-0.05, 0) is 68.1 Å². The Bertz CT molecular complexity index is 1330. The van der Waals surface area contributed by atoms with Gasteiger partial charge in [-0.1, -0.05) is 35.9 Å². The van der Waals surface area contributed by atoms with Gasteiger partial charge in [-0.2, -0.15) is 4.98 Å². The highest BCUT2D eigenvalue weighted by Crippen LogP contribution is 2.37. The third kappa shape index (κ3) is 4.50. The molecule has 0 amide bonds. The maximum absolute atomic E-state index is 13.6. The summed E-state index contributed by atoms with van der Waals surface area (Å²) in [7, 11) is 0. The van der Waals surface area contributed by atoms with Crippen molar-refractivity contribution in [3.8, 4) is 11.3 Å². The number of piperidine rings is 1. The fourth-order valence-corrected chi connectivity index (χ4v) is 4.94. The van der Waals surface area contributed by atoms with Crippen LogP contribution in [0.1, 0.15) is 24.0 Å². The van der Waals surface area contributed by atoms with E-state index >= 15 is 0 Å². The topological polar surface area (TPSA) is 54.8 Å². The average molecular weight is 482 g/mol. The molecule has 4 aromatic rings. The molecule has 0 unspecified atom stereocenters. The van der Waals surface area contributed by atoms with Gasteiger partial charge in [-0.3, -0.25) is 0 Å². The third-order valence-corrected chi connectivity index (χ3v) is 6.79. The van der Waals surface area contributed by atoms with Crippen molar-refractivity contribution in [2.75, 3.05) is 18.4 Å². The lowest BCUT2D eigenvalue weighted by Crippen LogP contribution is -2.32. The molecule has 8 heteroatoms. The summed E-state index contributed by atoms with van der Waals surface area (Å²) < 4.78 is 29.1. The van der Waals surface area contributed by atoms with Gasteiger partial charge in [0.1, 0.15) is 5.65 Å². The van der Waals surface area contributed by atoms with Gasteiger partial charge < -0.3 is 15.2 Å². The molecule has 0 radical (unpaired) electrons. The molecule has 1 aliphatic rings. The molecule has 1 atom stereocenters. The van der Waals surface area contributed by atoms with Crippen LogP contribution in [0.2, 0.25) is 5.02 Å². The van der Waals surface area contributed by atoms with Crippen LogP contribution in [0.15, 0.2) is 48.7 Å². The predicted molar refractivity (Wildman–Crippen MR) is 132 cm³/mol. The van der Waals surface area contributed by atoms with Gasteiger partial charge in [0.25, 0.3) is 0 Å². The van der Waals surface area contributed by atoms with Crippen LogP contribution in [0.3, 0.4) is 0 Å². The van der Waals surface area contributed by atoms with E-state index in [1.165, 1.54) is 6.07 Å². The number of fused-ring (bicyclic) bond motifs is 1. The van der Waals surface area contributed by atoms with E-state index in [9.17, 15) is 8.78 Å². The van der Waals surface area contributed by atoms with Crippen LogP contribution >= 0.6 is 11.6 Å². The van der Waals surface area contributed by atoms with Crippen LogP contribution in [0, 0.1) is 24.5 Å². The zero-order chi connectivity index (χ0) is 23.7. The van der Waals surface area contributed by atoms with Crippen molar-refractivity contribution in [1.29, 1.82) is 0 Å². The molecule has 176 valence electrons. The zero-order valence-electron chi connectivity index (χ0n) is 18.9. The number of aryl methyl sites for hydroxylation is 1. The first kappa shape index (κ1) is 22.7. The predicted octanol–water partition coefficient (Wildman–Crippen LogP) is 5.95. The fourth-order valence-electron chi connectivity index (χ4n) is 4.71. The Kier molecular flexibility index (Phi) is 6.48. The van der Waals surface area contributed by atoms with Crippen LogP contribution < -0.4 is 10.6 Å². The van der Waals surface area contributed by atoms with E-state index in [0.717, 1.165) is 66.4 Å². The molecule has 5 nitrogen and oxygen atoms in total. The number of nitrogens with one attached hydrogen (secondary N) is 2. The molecule has 2 N–H and O–H groups in total. The Morgan fingerprint density at radius 3 is 2.79 bits per heavy atom. The molecule has 1 aliphatic heterocycles. The maximum atomic E-state index is 13.6. The SMILES string of the molecule is Cc1c(-c2ccccc2Cl)n(C[C@@H]2CCCNC2)c2nc(NCc3ccc(F)c(F)c3)ncc12. The second-order valence-electron chi connectivity index (χ2n) is 8.81. The number of anilines is 1. The van der Waals surface area contributed by atoms with E-state index in [1.54, 1.807) is 6.07 Å². The van der Waals surface area contributed by atoms with Gasteiger partial charge in [-0.15, -0.1) is 0 Å². The lowest BCUT2D eigenvalue weighted by atomic mass is 9.99. The lowest BCUT2D eigenvalue weighted by molar-refractivity contribution is 0.341. The maximum Gasteiger partial charge on any atom is 0.224 e. The normalized spacial score (nSPS) is 16.2. The van der Waals surface area contributed by atoms with E-state index in [4.69, 9.17) is 16.6 Å². The van der Waals surface area contributed by atoms with Crippen LogP contribution in [0.25, 0.3) is 22.3 Å². The van der Waals surface area contributed by atoms with Crippen molar-refractivity contribution in [2.45, 2.75) is 32.9 Å². The number of halogens is 3. The molecule has 1 saturated heterocycles. The lowest BCUT2D eigenvalue weighted by Gasteiger charge is -2.24. The van der Waals surface area contributed by atoms with Gasteiger partial charge >= 0.3 is 0 Å². The number of nitrogens with zero attached hydrogens (tertiary/aromatic N) is 3. The second-order valence-corrected chi connectivity index (χ2v) is 9.22. The number of hydrogen-bond donors (Lipinski definition) is 2. The number of rotatable bonds is 6. The second kappa shape index (κ2) is 9.68. The number of benzene rings is 2. The highest BCUT2D eigenvalue weighted by atomic mass is 35.5. The molecule has 3 heterocycles. The fraction of sp³-hybridized carbons (Fsp3) is 0.308. The quantitative estimate of drug-likeness (QED) is 0.357. The summed E-state index contributed by atoms with van der Waals surface area (Å²) in [4.78, 5) is 9.33. The van der Waals surface area contributed by atoms with Crippen LogP contribution in [0.4, 0.5) is 14.7 Å². The molecule has 0 saturated carbocycles. The van der Waals surface area contributed by atoms with Gasteiger partial charge in [-0.25, -0.2) is 13.8 Å². The summed E-state index contributed by atoms with van der Waals surface area (Å²) in [6.07, 6.45) is 4.13. The van der Waals surface area contributed by atoms with Crippen molar-refractivity contribution >= 4 is 28.6 Å². The van der Waals surface area contributed by atoms with E-state index < -0.39 is 11.6 Å². The smallest absolute Gasteiger partial charge is 0.224 e. The van der Waals surface area contributed by atoms with Crippen molar-refractivity contribution in [3.63, 3.8) is 0 Å². The largest absolute Gasteiger partial charge is 0.350 e. The van der Waals surface area contributed by atoms with Crippen molar-refractivity contribution in [3.05, 3.63) is 76.4 Å². The third-order valence-electron chi connectivity index (χ3n) is 6.46. The standard InChI is InChI=1S/C26H26ClF2N5/c1-16-20-14-32-26(31-13-17-8-9-22(28)23(29)11-17)33-25(20)34(15-18-5-4-10-30-12-18)24(16)19-6-2-3-7-21(19)27/h2-3,6-9,11,14,18,30H,4-5,10,12-13,15H2,1H3,(H,31,32,33)/t18-/m1/s1. The number of hydrogen-bond acceptors (Lipinski definition) is 4. The Labute approximate surface area is 202 Å². The average Bonchev–Trinajstić information content (AvgIpc) is 3.11. The first-order chi connectivity index (χ1) is 16.5. The summed E-state index contributed by atoms with van der Waals surface area (Å²) in [5.74, 6) is -0.813. The van der Waals surface area contributed by atoms with Gasteiger partial charge in [0.05, 0.1) is 5.69 Å². The van der Waals surface area contributed by atoms with Crippen LogP contribution in [-0.4, -0.2) is 27.6 Å². The highest BCUT2D eigenvalue weighted by molar-refractivity contribution is 6.33. The first-order valence-corrected chi connectivity index (χ1v) is 11.9. The minimum Gasteiger partial charge on any atom is -0.350 e. The summed E-state index contributed by atoms with van der Waals surface area (Å²) in [5.41, 5.74) is 4.55. The number of aromatic nitrogens is 3. The summed E-state index contributed by atoms with van der Waals surface area (Å²) in [6, 6.07) is 11.7. The van der Waals surface area contributed by atoms with Crippen molar-refractivity contribution in [2.24, 2.45) is 5.92 Å². The molecule has 1 fully saturated rings. The Morgan fingerprint density at radius 2 is 2.03 bits per heavy atom. The molecule has 2 aromatic carbocycles. The molecule has 0 spiro atoms. The molecule has 0 aliphatic carbocycles. The van der Waals surface area contributed by atoms with E-state index in [1.807, 2.05) is 30.5 Å². The highest BCUT2D eigenvalue weighted by Gasteiger charge is 2.23. The Hall–Kier alpha value is -3.03. The van der Waals surface area contributed by atoms with Gasteiger partial charge in [0, 0.05) is 35.3 Å². The molecule has 0 bridgehead atoms. The molecule has 2 aromatic heterocycles. The molecule has 5 rings (SSSR count). The minimum atomic E-state index is -0.870. The minimum absolute atomic E-state index is 0.284. The Balaban J connectivity index is 1.54. The van der Waals surface area contributed by atoms with Crippen molar-refractivity contribution < 1.29 is 8.78 Å². The monoisotopic (exact) mass is 481 g/mol. The van der Waals surface area contributed by atoms with Crippen LogP contribution in [0.5, 0.6) is 0 Å². The van der Waals surface area contributed by atoms with E-state index in [-0.39, 0.29) is 6.54 Å². The summed E-state index contributed by atoms with van der Waals surface area (Å²) >= 11 is 6.61. The van der Waals surface area contributed by atoms with E-state index in [2.05, 4.69) is 27.1 Å². The summed E-state index contributed by atoms with van der Waals surface area (Å²) in [5, 5.41) is 8.31. The molecular formula is C26H26ClF2N5. The van der Waals surface area contributed by atoms with Crippen molar-refractivity contribution in [1.82, 2.24) is 19.9 Å². The van der Waals surface area contributed by atoms with Gasteiger partial charge in [0.2, 0.25) is 5.95 Å². The van der Waals surface area contributed by atoms with Gasteiger partial charge in [0.15, 0.2) is 11.6 Å². The zero-order valence-corrected chi connectivity index (χ0v) is 19.7. The molecule has 34 heavy (non-hydrogen) atoms. The first-order valence-electron chi connectivity index (χ1n) is 11.5. The summed E-state index contributed by atoms with van der Waals surface area (Å²) in [6.45, 7) is 5.20. The molecular weight excluding hydrogens is 456 g/mol. The Morgan fingerprint density at radius 1 is 1.18 bits per heavy atom. The van der Waals surface area contributed by atoms with E-state index in [0.29, 0.717) is 22.5 Å².